The summed E-state index contributed by atoms with van der Waals surface area (Å²) in [6.07, 6.45) is -2.02. The summed E-state index contributed by atoms with van der Waals surface area (Å²) in [7, 11) is 0. The van der Waals surface area contributed by atoms with Crippen molar-refractivity contribution >= 4 is 0 Å². The number of hydrogen-bond acceptors (Lipinski definition) is 4. The van der Waals surface area contributed by atoms with Crippen LogP contribution in [0, 0.1) is 0 Å². The lowest BCUT2D eigenvalue weighted by Gasteiger charge is -2.08. The van der Waals surface area contributed by atoms with Gasteiger partial charge in [0.25, 0.3) is 0 Å². The van der Waals surface area contributed by atoms with Crippen LogP contribution in [0.1, 0.15) is 6.42 Å². The smallest absolute Gasteiger partial charge is 0.157 e. The lowest BCUT2D eigenvalue weighted by molar-refractivity contribution is -0.107. The highest BCUT2D eigenvalue weighted by Gasteiger charge is 2.31. The summed E-state index contributed by atoms with van der Waals surface area (Å²) < 4.78 is 4.68. The maximum Gasteiger partial charge on any atom is 0.157 e. The van der Waals surface area contributed by atoms with Gasteiger partial charge in [0.2, 0.25) is 0 Å². The summed E-state index contributed by atoms with van der Waals surface area (Å²) >= 11 is 0. The zero-order valence-electron chi connectivity index (χ0n) is 4.90. The Bertz CT molecular complexity index is 95.0. The number of rotatable bonds is 1. The van der Waals surface area contributed by atoms with Crippen LogP contribution in [0.4, 0.5) is 0 Å². The van der Waals surface area contributed by atoms with Crippen molar-refractivity contribution in [2.24, 2.45) is 0 Å². The second-order valence-corrected chi connectivity index (χ2v) is 2.11. The molecule has 1 fully saturated rings. The maximum absolute atomic E-state index is 8.91. The third kappa shape index (κ3) is 1.40. The lowest BCUT2D eigenvalue weighted by Crippen LogP contribution is -2.24. The van der Waals surface area contributed by atoms with Crippen molar-refractivity contribution in [2.75, 3.05) is 6.61 Å². The maximum atomic E-state index is 8.91. The Kier molecular flexibility index (Phi) is 2.02. The molecule has 1 rings (SSSR count). The second-order valence-electron chi connectivity index (χ2n) is 2.11. The van der Waals surface area contributed by atoms with Gasteiger partial charge in [0.15, 0.2) is 6.29 Å². The van der Waals surface area contributed by atoms with E-state index in [0.29, 0.717) is 0 Å². The monoisotopic (exact) mass is 134 g/mol. The molecule has 0 aromatic carbocycles. The Morgan fingerprint density at radius 1 is 1.44 bits per heavy atom. The third-order valence-electron chi connectivity index (χ3n) is 1.38. The fourth-order valence-electron chi connectivity index (χ4n) is 0.871. The summed E-state index contributed by atoms with van der Waals surface area (Å²) in [5, 5.41) is 26.1. The molecule has 0 aromatic rings. The molecule has 1 aliphatic heterocycles. The Morgan fingerprint density at radius 3 is 2.33 bits per heavy atom. The SMILES string of the molecule is OC[C@H]1O[C@H](O)CC1O. The molecular weight excluding hydrogens is 124 g/mol. The molecule has 0 spiro atoms. The van der Waals surface area contributed by atoms with E-state index in [-0.39, 0.29) is 13.0 Å². The largest absolute Gasteiger partial charge is 0.394 e. The van der Waals surface area contributed by atoms with Crippen molar-refractivity contribution in [3.63, 3.8) is 0 Å². The zero-order valence-corrected chi connectivity index (χ0v) is 4.90. The van der Waals surface area contributed by atoms with Gasteiger partial charge in [-0.1, -0.05) is 0 Å². The molecule has 4 nitrogen and oxygen atoms in total. The van der Waals surface area contributed by atoms with E-state index < -0.39 is 18.5 Å². The van der Waals surface area contributed by atoms with E-state index in [1.165, 1.54) is 0 Å². The van der Waals surface area contributed by atoms with Gasteiger partial charge in [-0.3, -0.25) is 0 Å². The van der Waals surface area contributed by atoms with Crippen LogP contribution in [0.15, 0.2) is 0 Å². The molecule has 0 aromatic heterocycles. The number of ether oxygens (including phenoxy) is 1. The van der Waals surface area contributed by atoms with Crippen LogP contribution in [0.25, 0.3) is 0 Å². The van der Waals surface area contributed by atoms with Crippen molar-refractivity contribution in [1.29, 1.82) is 0 Å². The number of aliphatic hydroxyl groups excluding tert-OH is 3. The van der Waals surface area contributed by atoms with Gasteiger partial charge >= 0.3 is 0 Å². The normalized spacial score (nSPS) is 43.7. The van der Waals surface area contributed by atoms with E-state index in [9.17, 15) is 0 Å². The van der Waals surface area contributed by atoms with Crippen molar-refractivity contribution in [3.8, 4) is 0 Å². The van der Waals surface area contributed by atoms with Crippen LogP contribution >= 0.6 is 0 Å². The van der Waals surface area contributed by atoms with E-state index in [1.54, 1.807) is 0 Å². The van der Waals surface area contributed by atoms with Gasteiger partial charge in [0, 0.05) is 6.42 Å². The first kappa shape index (κ1) is 6.95. The zero-order chi connectivity index (χ0) is 6.85. The number of aliphatic hydroxyl groups is 3. The van der Waals surface area contributed by atoms with Crippen molar-refractivity contribution in [1.82, 2.24) is 0 Å². The number of hydrogen-bond donors (Lipinski definition) is 3. The van der Waals surface area contributed by atoms with Crippen LogP contribution in [-0.2, 0) is 4.74 Å². The Hall–Kier alpha value is -0.160. The van der Waals surface area contributed by atoms with Crippen molar-refractivity contribution < 1.29 is 20.1 Å². The minimum absolute atomic E-state index is 0.200. The fourth-order valence-corrected chi connectivity index (χ4v) is 0.871. The van der Waals surface area contributed by atoms with Crippen LogP contribution in [-0.4, -0.2) is 40.4 Å². The molecule has 0 saturated carbocycles. The molecule has 0 aliphatic carbocycles. The summed E-state index contributed by atoms with van der Waals surface area (Å²) in [6, 6.07) is 0. The summed E-state index contributed by atoms with van der Waals surface area (Å²) in [5.74, 6) is 0. The molecule has 1 aliphatic rings. The molecule has 0 radical (unpaired) electrons. The van der Waals surface area contributed by atoms with E-state index in [0.717, 1.165) is 0 Å². The van der Waals surface area contributed by atoms with Gasteiger partial charge in [0.05, 0.1) is 12.7 Å². The molecule has 3 N–H and O–H groups in total. The molecule has 4 heteroatoms. The first-order valence-electron chi connectivity index (χ1n) is 2.86. The Balaban J connectivity index is 2.38. The Morgan fingerprint density at radius 2 is 2.11 bits per heavy atom. The van der Waals surface area contributed by atoms with Crippen molar-refractivity contribution in [3.05, 3.63) is 0 Å². The minimum Gasteiger partial charge on any atom is -0.394 e. The summed E-state index contributed by atoms with van der Waals surface area (Å²) in [4.78, 5) is 0. The minimum atomic E-state index is -0.905. The van der Waals surface area contributed by atoms with Gasteiger partial charge in [-0.2, -0.15) is 0 Å². The van der Waals surface area contributed by atoms with Crippen LogP contribution in [0.3, 0.4) is 0 Å². The molecule has 0 bridgehead atoms. The van der Waals surface area contributed by atoms with E-state index in [1.807, 2.05) is 0 Å². The van der Waals surface area contributed by atoms with E-state index >= 15 is 0 Å². The van der Waals surface area contributed by atoms with Gasteiger partial charge in [-0.05, 0) is 0 Å². The average molecular weight is 134 g/mol. The molecule has 1 saturated heterocycles. The first-order chi connectivity index (χ1) is 4.24. The van der Waals surface area contributed by atoms with E-state index in [4.69, 9.17) is 15.3 Å². The molecule has 0 amide bonds. The highest BCUT2D eigenvalue weighted by molar-refractivity contribution is 4.75. The molecule has 3 atom stereocenters. The van der Waals surface area contributed by atoms with E-state index in [2.05, 4.69) is 4.74 Å². The molecular formula is C5H10O4. The van der Waals surface area contributed by atoms with Gasteiger partial charge in [-0.25, -0.2) is 0 Å². The van der Waals surface area contributed by atoms with Gasteiger partial charge in [-0.15, -0.1) is 0 Å². The van der Waals surface area contributed by atoms with Crippen molar-refractivity contribution in [2.45, 2.75) is 24.9 Å². The van der Waals surface area contributed by atoms with Crippen LogP contribution < -0.4 is 0 Å². The first-order valence-corrected chi connectivity index (χ1v) is 2.86. The highest BCUT2D eigenvalue weighted by Crippen LogP contribution is 2.17. The summed E-state index contributed by atoms with van der Waals surface area (Å²) in [6.45, 7) is -0.238. The van der Waals surface area contributed by atoms with Crippen LogP contribution in [0.2, 0.25) is 0 Å². The van der Waals surface area contributed by atoms with Crippen LogP contribution in [0.5, 0.6) is 0 Å². The molecule has 54 valence electrons. The highest BCUT2D eigenvalue weighted by atomic mass is 16.6. The molecule has 9 heavy (non-hydrogen) atoms. The Labute approximate surface area is 52.7 Å². The predicted molar refractivity (Wildman–Crippen MR) is 28.6 cm³/mol. The predicted octanol–water partition coefficient (Wildman–Crippen LogP) is -1.55. The topological polar surface area (TPSA) is 69.9 Å². The lowest BCUT2D eigenvalue weighted by atomic mass is 10.2. The summed E-state index contributed by atoms with van der Waals surface area (Å²) in [5.41, 5.74) is 0. The second kappa shape index (κ2) is 2.62. The average Bonchev–Trinajstić information content (AvgIpc) is 2.10. The fraction of sp³-hybridized carbons (Fsp3) is 1.00. The van der Waals surface area contributed by atoms with Gasteiger partial charge < -0.3 is 20.1 Å². The van der Waals surface area contributed by atoms with Gasteiger partial charge in [0.1, 0.15) is 6.10 Å². The third-order valence-corrected chi connectivity index (χ3v) is 1.38. The standard InChI is InChI=1S/C5H10O4/c6-2-4-3(7)1-5(8)9-4/h3-8H,1-2H2/t3?,4-,5+/m1/s1. The quantitative estimate of drug-likeness (QED) is 0.406. The molecule has 1 unspecified atom stereocenters. The molecule has 1 heterocycles.